The summed E-state index contributed by atoms with van der Waals surface area (Å²) in [5.74, 6) is 3.01. The van der Waals surface area contributed by atoms with E-state index in [0.717, 1.165) is 119 Å². The van der Waals surface area contributed by atoms with Gasteiger partial charge in [0.1, 0.15) is 35.5 Å². The number of thiazole rings is 1. The molecule has 2 aromatic heterocycles. The fourth-order valence-corrected chi connectivity index (χ4v) is 11.4. The minimum atomic E-state index is -0.716. The van der Waals surface area contributed by atoms with Crippen molar-refractivity contribution >= 4 is 72.9 Å². The lowest BCUT2D eigenvalue weighted by Gasteiger charge is -2.31. The van der Waals surface area contributed by atoms with E-state index < -0.39 is 11.6 Å². The molecule has 1 aliphatic heterocycles. The maximum absolute atomic E-state index is 13.9. The van der Waals surface area contributed by atoms with Crippen molar-refractivity contribution in [1.29, 1.82) is 0 Å². The number of nitrogens with zero attached hydrogens (tertiary/aromatic N) is 3. The van der Waals surface area contributed by atoms with Crippen molar-refractivity contribution in [2.75, 3.05) is 16.8 Å². The summed E-state index contributed by atoms with van der Waals surface area (Å²) in [7, 11) is 0. The number of carbonyl (C=O) groups excluding carboxylic acids is 4. The third-order valence-corrected chi connectivity index (χ3v) is 16.0. The van der Waals surface area contributed by atoms with Gasteiger partial charge in [-0.1, -0.05) is 69.7 Å². The van der Waals surface area contributed by atoms with Crippen LogP contribution in [0.3, 0.4) is 0 Å². The largest absolute Gasteiger partial charge is 0.490 e. The Morgan fingerprint density at radius 3 is 2.00 bits per heavy atom. The van der Waals surface area contributed by atoms with Crippen molar-refractivity contribution in [3.8, 4) is 22.6 Å². The number of hydrogen-bond acceptors (Lipinski definition) is 11. The average molecular weight is 1060 g/mol. The smallest absolute Gasteiger partial charge is 0.358 e. The summed E-state index contributed by atoms with van der Waals surface area (Å²) >= 11 is 4.99. The van der Waals surface area contributed by atoms with Gasteiger partial charge in [-0.15, -0.1) is 0 Å². The molecule has 3 heterocycles. The first-order chi connectivity index (χ1) is 34.8. The maximum atomic E-state index is 13.9. The number of ether oxygens (including phenoxy) is 3. The lowest BCUT2D eigenvalue weighted by Crippen LogP contribution is -2.33. The van der Waals surface area contributed by atoms with Crippen molar-refractivity contribution in [2.24, 2.45) is 11.8 Å². The summed E-state index contributed by atoms with van der Waals surface area (Å²) in [4.78, 5) is 60.5. The van der Waals surface area contributed by atoms with Gasteiger partial charge in [-0.2, -0.15) is 0 Å². The summed E-state index contributed by atoms with van der Waals surface area (Å²) in [6.45, 7) is 10.8. The minimum absolute atomic E-state index is 0.109. The minimum Gasteiger partial charge on any atom is -0.490 e. The fourth-order valence-electron chi connectivity index (χ4n) is 10.2. The first-order valence-corrected chi connectivity index (χ1v) is 27.2. The molecule has 13 heteroatoms. The van der Waals surface area contributed by atoms with Gasteiger partial charge in [-0.05, 0) is 188 Å². The van der Waals surface area contributed by atoms with E-state index in [1.165, 1.54) is 29.7 Å². The van der Waals surface area contributed by atoms with Crippen LogP contribution in [0.5, 0.6) is 11.5 Å². The van der Waals surface area contributed by atoms with Gasteiger partial charge in [-0.25, -0.2) is 14.8 Å². The highest BCUT2D eigenvalue weighted by Gasteiger charge is 2.29. The number of pyridine rings is 1. The lowest BCUT2D eigenvalue weighted by atomic mass is 9.84. The molecule has 11 nitrogen and oxygen atoms in total. The first-order valence-electron chi connectivity index (χ1n) is 25.6. The van der Waals surface area contributed by atoms with Crippen LogP contribution in [0.4, 0.5) is 10.9 Å². The van der Waals surface area contributed by atoms with Gasteiger partial charge in [0.05, 0.1) is 22.4 Å². The van der Waals surface area contributed by atoms with Crippen LogP contribution in [0.2, 0.25) is 0 Å². The molecular weight excluding hydrogens is 989 g/mol. The number of halogens is 1. The number of anilines is 2. The van der Waals surface area contributed by atoms with Crippen LogP contribution in [0.25, 0.3) is 21.3 Å². The number of aldehydes is 2. The zero-order chi connectivity index (χ0) is 50.8. The molecule has 1 N–H and O–H groups in total. The van der Waals surface area contributed by atoms with Crippen LogP contribution < -0.4 is 19.7 Å². The zero-order valence-corrected chi connectivity index (χ0v) is 44.6. The van der Waals surface area contributed by atoms with Gasteiger partial charge in [0.25, 0.3) is 5.91 Å². The van der Waals surface area contributed by atoms with Crippen LogP contribution in [-0.4, -0.2) is 58.8 Å². The van der Waals surface area contributed by atoms with Gasteiger partial charge >= 0.3 is 5.97 Å². The number of carbonyl (C=O) groups is 4. The molecule has 2 aliphatic carbocycles. The van der Waals surface area contributed by atoms with E-state index >= 15 is 0 Å². The highest BCUT2D eigenvalue weighted by atomic mass is 79.9. The number of esters is 1. The SMILES string of the molecule is Cc1c(Br)cccc1OC1CCC(CCC=O)CC1.Cc1c(OC2CCC(CCC=O)CC2)cccc1-c1ccc(N2CCc3cccc(C(=O)Nc4nc5ccccc5s4)c3C2)nc1C(=O)OC(C)(C)C. The molecule has 0 atom stereocenters. The molecule has 0 radical (unpaired) electrons. The molecule has 0 saturated heterocycles. The van der Waals surface area contributed by atoms with E-state index in [-0.39, 0.29) is 17.7 Å². The zero-order valence-electron chi connectivity index (χ0n) is 42.2. The van der Waals surface area contributed by atoms with Crippen molar-refractivity contribution in [3.05, 3.63) is 129 Å². The molecule has 378 valence electrons. The molecule has 72 heavy (non-hydrogen) atoms. The van der Waals surface area contributed by atoms with Gasteiger partial charge in [-0.3, -0.25) is 10.1 Å². The second kappa shape index (κ2) is 24.2. The molecule has 2 fully saturated rings. The Hall–Kier alpha value is -5.92. The van der Waals surface area contributed by atoms with Gasteiger partial charge in [0.2, 0.25) is 0 Å². The highest BCUT2D eigenvalue weighted by molar-refractivity contribution is 9.10. The van der Waals surface area contributed by atoms with E-state index in [1.54, 1.807) is 0 Å². The van der Waals surface area contributed by atoms with E-state index in [0.29, 0.717) is 65.9 Å². The van der Waals surface area contributed by atoms with Crippen molar-refractivity contribution in [1.82, 2.24) is 9.97 Å². The predicted octanol–water partition coefficient (Wildman–Crippen LogP) is 14.0. The molecule has 6 aromatic rings. The van der Waals surface area contributed by atoms with Crippen LogP contribution >= 0.6 is 27.3 Å². The molecule has 4 aromatic carbocycles. The first kappa shape index (κ1) is 52.4. The Kier molecular flexibility index (Phi) is 17.6. The Balaban J connectivity index is 0.000000306. The Bertz CT molecular complexity index is 2830. The number of para-hydroxylation sites is 1. The number of fused-ring (bicyclic) bond motifs is 2. The Morgan fingerprint density at radius 1 is 0.736 bits per heavy atom. The summed E-state index contributed by atoms with van der Waals surface area (Å²) in [6, 6.07) is 29.6. The van der Waals surface area contributed by atoms with E-state index in [2.05, 4.69) is 44.1 Å². The quantitative estimate of drug-likeness (QED) is 0.0781. The number of amides is 1. The molecule has 2 saturated carbocycles. The topological polar surface area (TPSA) is 137 Å². The summed E-state index contributed by atoms with van der Waals surface area (Å²) in [5, 5.41) is 3.58. The molecule has 9 rings (SSSR count). The van der Waals surface area contributed by atoms with Crippen molar-refractivity contribution < 1.29 is 33.4 Å². The second-order valence-electron chi connectivity index (χ2n) is 20.4. The standard InChI is InChI=1S/C43H46N4O5S.C16H21BrO2/c1-27-31(12-8-15-36(27)51-30-19-17-28(18-20-30)10-9-25-48)32-21-22-38(45-39(32)41(50)52-43(2,3)4)47-24-23-29-11-7-13-33(34(29)26-47)40(49)46-42-44-35-14-5-6-16-37(35)53-42;1-12-15(17)5-2-6-16(12)19-14-9-7-13(8-10-14)4-3-11-18/h5-8,11-16,21-22,25,28,30H,9-10,17-20,23-24,26H2,1-4H3,(H,44,46,49);2,5-6,11,13-14H,3-4,7-10H2,1H3. The molecule has 3 aliphatic rings. The number of aromatic nitrogens is 2. The third-order valence-electron chi connectivity index (χ3n) is 14.2. The Morgan fingerprint density at radius 2 is 1.36 bits per heavy atom. The molecule has 0 bridgehead atoms. The van der Waals surface area contributed by atoms with Gasteiger partial charge in [0.15, 0.2) is 10.8 Å². The van der Waals surface area contributed by atoms with E-state index in [1.807, 2.05) is 113 Å². The van der Waals surface area contributed by atoms with Crippen LogP contribution in [0, 0.1) is 25.7 Å². The van der Waals surface area contributed by atoms with Gasteiger partial charge in [0, 0.05) is 47.1 Å². The molecule has 0 unspecified atom stereocenters. The molecule has 1 amide bonds. The van der Waals surface area contributed by atoms with Crippen LogP contribution in [0.15, 0.2) is 95.5 Å². The number of nitrogens with one attached hydrogen (secondary N) is 1. The van der Waals surface area contributed by atoms with Crippen molar-refractivity contribution in [2.45, 2.75) is 142 Å². The van der Waals surface area contributed by atoms with E-state index in [4.69, 9.17) is 19.2 Å². The predicted molar refractivity (Wildman–Crippen MR) is 291 cm³/mol. The summed E-state index contributed by atoms with van der Waals surface area (Å²) < 4.78 is 20.7. The Labute approximate surface area is 436 Å². The second-order valence-corrected chi connectivity index (χ2v) is 22.3. The average Bonchev–Trinajstić information content (AvgIpc) is 3.79. The summed E-state index contributed by atoms with van der Waals surface area (Å²) in [6.07, 6.45) is 15.2. The van der Waals surface area contributed by atoms with Crippen LogP contribution in [-0.2, 0) is 27.3 Å². The number of hydrogen-bond donors (Lipinski definition) is 1. The summed E-state index contributed by atoms with van der Waals surface area (Å²) in [5.41, 5.74) is 6.66. The fraction of sp³-hybridized carbons (Fsp3) is 0.424. The van der Waals surface area contributed by atoms with E-state index in [9.17, 15) is 19.2 Å². The monoisotopic (exact) mass is 1050 g/mol. The normalized spacial score (nSPS) is 18.8. The number of benzene rings is 4. The third kappa shape index (κ3) is 13.4. The molecular formula is C59H67BrN4O7S. The van der Waals surface area contributed by atoms with Crippen molar-refractivity contribution in [3.63, 3.8) is 0 Å². The van der Waals surface area contributed by atoms with Crippen LogP contribution in [0.1, 0.15) is 141 Å². The number of rotatable bonds is 15. The van der Waals surface area contributed by atoms with Gasteiger partial charge < -0.3 is 28.7 Å². The highest BCUT2D eigenvalue weighted by Crippen LogP contribution is 2.38. The maximum Gasteiger partial charge on any atom is 0.358 e. The lowest BCUT2D eigenvalue weighted by molar-refractivity contribution is -0.108. The molecule has 0 spiro atoms.